The van der Waals surface area contributed by atoms with Crippen molar-refractivity contribution in [3.8, 4) is 11.1 Å². The summed E-state index contributed by atoms with van der Waals surface area (Å²) in [5, 5.41) is 2.99. The summed E-state index contributed by atoms with van der Waals surface area (Å²) < 4.78 is 26.4. The normalized spacial score (nSPS) is 12.2. The van der Waals surface area contributed by atoms with E-state index in [1.165, 1.54) is 24.5 Å². The van der Waals surface area contributed by atoms with E-state index in [4.69, 9.17) is 5.73 Å². The van der Waals surface area contributed by atoms with Crippen molar-refractivity contribution >= 4 is 5.95 Å². The number of halogens is 2. The maximum atomic E-state index is 13.6. The molecule has 1 aromatic heterocycles. The fourth-order valence-electron chi connectivity index (χ4n) is 1.54. The van der Waals surface area contributed by atoms with Crippen LogP contribution in [0.15, 0.2) is 30.6 Å². The van der Waals surface area contributed by atoms with Gasteiger partial charge in [0.25, 0.3) is 0 Å². The predicted molar refractivity (Wildman–Crippen MR) is 69.5 cm³/mol. The number of rotatable bonds is 4. The Labute approximate surface area is 109 Å². The highest BCUT2D eigenvalue weighted by Gasteiger charge is 2.08. The Hall–Kier alpha value is -2.08. The second kappa shape index (κ2) is 5.71. The van der Waals surface area contributed by atoms with Gasteiger partial charge in [-0.1, -0.05) is 0 Å². The van der Waals surface area contributed by atoms with Crippen molar-refractivity contribution in [3.63, 3.8) is 0 Å². The SMILES string of the molecule is CC(CN)Nc1ncc(-c2ccc(F)cc2F)cn1. The number of benzene rings is 1. The van der Waals surface area contributed by atoms with Crippen LogP contribution in [-0.2, 0) is 0 Å². The largest absolute Gasteiger partial charge is 0.351 e. The van der Waals surface area contributed by atoms with Crippen LogP contribution in [-0.4, -0.2) is 22.6 Å². The number of nitrogens with zero attached hydrogens (tertiary/aromatic N) is 2. The Balaban J connectivity index is 2.22. The Morgan fingerprint density at radius 3 is 2.53 bits per heavy atom. The molecule has 0 bridgehead atoms. The molecule has 3 N–H and O–H groups in total. The monoisotopic (exact) mass is 264 g/mol. The zero-order valence-electron chi connectivity index (χ0n) is 10.4. The van der Waals surface area contributed by atoms with Crippen LogP contribution in [0.2, 0.25) is 0 Å². The van der Waals surface area contributed by atoms with Gasteiger partial charge in [0.1, 0.15) is 11.6 Å². The molecule has 1 atom stereocenters. The average molecular weight is 264 g/mol. The van der Waals surface area contributed by atoms with Gasteiger partial charge in [-0.05, 0) is 19.1 Å². The van der Waals surface area contributed by atoms with E-state index in [2.05, 4.69) is 15.3 Å². The lowest BCUT2D eigenvalue weighted by Gasteiger charge is -2.11. The first-order chi connectivity index (χ1) is 9.10. The first-order valence-corrected chi connectivity index (χ1v) is 5.84. The Morgan fingerprint density at radius 1 is 1.26 bits per heavy atom. The molecular formula is C13H14F2N4. The van der Waals surface area contributed by atoms with Crippen LogP contribution >= 0.6 is 0 Å². The fourth-order valence-corrected chi connectivity index (χ4v) is 1.54. The van der Waals surface area contributed by atoms with E-state index in [1.807, 2.05) is 6.92 Å². The highest BCUT2D eigenvalue weighted by atomic mass is 19.1. The van der Waals surface area contributed by atoms with Gasteiger partial charge >= 0.3 is 0 Å². The molecule has 0 fully saturated rings. The van der Waals surface area contributed by atoms with Crippen molar-refractivity contribution < 1.29 is 8.78 Å². The molecule has 0 aliphatic carbocycles. The second-order valence-corrected chi connectivity index (χ2v) is 4.20. The molecule has 0 spiro atoms. The van der Waals surface area contributed by atoms with Gasteiger partial charge in [0.2, 0.25) is 5.95 Å². The van der Waals surface area contributed by atoms with Crippen LogP contribution < -0.4 is 11.1 Å². The molecule has 6 heteroatoms. The van der Waals surface area contributed by atoms with E-state index in [-0.39, 0.29) is 11.6 Å². The Kier molecular flexibility index (Phi) is 4.01. The van der Waals surface area contributed by atoms with Gasteiger partial charge in [-0.25, -0.2) is 18.7 Å². The van der Waals surface area contributed by atoms with Crippen molar-refractivity contribution in [1.29, 1.82) is 0 Å². The molecule has 2 rings (SSSR count). The molecule has 2 aromatic rings. The highest BCUT2D eigenvalue weighted by molar-refractivity contribution is 5.62. The van der Waals surface area contributed by atoms with Gasteiger partial charge in [-0.2, -0.15) is 0 Å². The molecule has 4 nitrogen and oxygen atoms in total. The number of anilines is 1. The number of hydrogen-bond acceptors (Lipinski definition) is 4. The van der Waals surface area contributed by atoms with Crippen molar-refractivity contribution in [2.24, 2.45) is 5.73 Å². The first kappa shape index (κ1) is 13.4. The minimum Gasteiger partial charge on any atom is -0.351 e. The lowest BCUT2D eigenvalue weighted by Crippen LogP contribution is -2.26. The minimum absolute atomic E-state index is 0.0495. The molecule has 100 valence electrons. The maximum absolute atomic E-state index is 13.6. The zero-order valence-corrected chi connectivity index (χ0v) is 10.4. The van der Waals surface area contributed by atoms with Crippen LogP contribution in [0.25, 0.3) is 11.1 Å². The standard InChI is InChI=1S/C13H14F2N4/c1-8(5-16)19-13-17-6-9(7-18-13)11-3-2-10(14)4-12(11)15/h2-4,6-8H,5,16H2,1H3,(H,17,18,19). The van der Waals surface area contributed by atoms with Gasteiger partial charge < -0.3 is 11.1 Å². The van der Waals surface area contributed by atoms with Gasteiger partial charge in [-0.15, -0.1) is 0 Å². The van der Waals surface area contributed by atoms with E-state index < -0.39 is 11.6 Å². The summed E-state index contributed by atoms with van der Waals surface area (Å²) in [6, 6.07) is 3.44. The third-order valence-electron chi connectivity index (χ3n) is 2.62. The van der Waals surface area contributed by atoms with Gasteiger partial charge in [0.15, 0.2) is 0 Å². The molecule has 0 aliphatic rings. The molecule has 0 aliphatic heterocycles. The molecule has 1 aromatic carbocycles. The number of hydrogen-bond donors (Lipinski definition) is 2. The molecule has 19 heavy (non-hydrogen) atoms. The Morgan fingerprint density at radius 2 is 1.95 bits per heavy atom. The summed E-state index contributed by atoms with van der Waals surface area (Å²) in [6.45, 7) is 2.36. The third kappa shape index (κ3) is 3.23. The van der Waals surface area contributed by atoms with Gasteiger partial charge in [-0.3, -0.25) is 0 Å². The topological polar surface area (TPSA) is 63.8 Å². The van der Waals surface area contributed by atoms with Gasteiger partial charge in [0, 0.05) is 42.2 Å². The molecule has 0 saturated heterocycles. The summed E-state index contributed by atoms with van der Waals surface area (Å²) in [5.74, 6) is -0.832. The second-order valence-electron chi connectivity index (χ2n) is 4.20. The van der Waals surface area contributed by atoms with Crippen LogP contribution in [0.1, 0.15) is 6.92 Å². The fraction of sp³-hybridized carbons (Fsp3) is 0.231. The summed E-state index contributed by atoms with van der Waals surface area (Å²) in [6.07, 6.45) is 2.96. The summed E-state index contributed by atoms with van der Waals surface area (Å²) in [4.78, 5) is 8.14. The van der Waals surface area contributed by atoms with Crippen molar-refractivity contribution in [2.45, 2.75) is 13.0 Å². The number of nitrogens with one attached hydrogen (secondary N) is 1. The van der Waals surface area contributed by atoms with E-state index >= 15 is 0 Å². The third-order valence-corrected chi connectivity index (χ3v) is 2.62. The molecular weight excluding hydrogens is 250 g/mol. The summed E-state index contributed by atoms with van der Waals surface area (Å²) >= 11 is 0. The van der Waals surface area contributed by atoms with Crippen LogP contribution in [0.3, 0.4) is 0 Å². The van der Waals surface area contributed by atoms with Crippen molar-refractivity contribution in [2.75, 3.05) is 11.9 Å². The van der Waals surface area contributed by atoms with Gasteiger partial charge in [0.05, 0.1) is 0 Å². The van der Waals surface area contributed by atoms with Crippen molar-refractivity contribution in [3.05, 3.63) is 42.2 Å². The average Bonchev–Trinajstić information content (AvgIpc) is 2.40. The molecule has 1 unspecified atom stereocenters. The molecule has 0 radical (unpaired) electrons. The predicted octanol–water partition coefficient (Wildman–Crippen LogP) is 2.18. The lowest BCUT2D eigenvalue weighted by molar-refractivity contribution is 0.585. The van der Waals surface area contributed by atoms with Crippen molar-refractivity contribution in [1.82, 2.24) is 9.97 Å². The smallest absolute Gasteiger partial charge is 0.222 e. The quantitative estimate of drug-likeness (QED) is 0.888. The van der Waals surface area contributed by atoms with Crippen LogP contribution in [0.4, 0.5) is 14.7 Å². The van der Waals surface area contributed by atoms with E-state index in [9.17, 15) is 8.78 Å². The zero-order chi connectivity index (χ0) is 13.8. The number of nitrogens with two attached hydrogens (primary N) is 1. The maximum Gasteiger partial charge on any atom is 0.222 e. The number of aromatic nitrogens is 2. The minimum atomic E-state index is -0.639. The molecule has 1 heterocycles. The summed E-state index contributed by atoms with van der Waals surface area (Å²) in [7, 11) is 0. The molecule has 0 amide bonds. The van der Waals surface area contributed by atoms with E-state index in [0.717, 1.165) is 6.07 Å². The van der Waals surface area contributed by atoms with E-state index in [1.54, 1.807) is 0 Å². The Bertz CT molecular complexity index is 557. The highest BCUT2D eigenvalue weighted by Crippen LogP contribution is 2.22. The van der Waals surface area contributed by atoms with E-state index in [0.29, 0.717) is 18.1 Å². The molecule has 0 saturated carbocycles. The van der Waals surface area contributed by atoms with Crippen LogP contribution in [0.5, 0.6) is 0 Å². The van der Waals surface area contributed by atoms with Crippen LogP contribution in [0, 0.1) is 11.6 Å². The lowest BCUT2D eigenvalue weighted by atomic mass is 10.1. The summed E-state index contributed by atoms with van der Waals surface area (Å²) in [5.41, 5.74) is 6.22. The first-order valence-electron chi connectivity index (χ1n) is 5.84.